The Kier molecular flexibility index (Phi) is 15.2. The molecule has 0 unspecified atom stereocenters. The zero-order chi connectivity index (χ0) is 7.28. The molecule has 0 aliphatic heterocycles. The van der Waals surface area contributed by atoms with Gasteiger partial charge in [-0.1, -0.05) is 6.92 Å². The molecule has 0 aromatic rings. The van der Waals surface area contributed by atoms with Crippen LogP contribution in [0.25, 0.3) is 0 Å². The summed E-state index contributed by atoms with van der Waals surface area (Å²) < 4.78 is 4.35. The van der Waals surface area contributed by atoms with Gasteiger partial charge >= 0.3 is 27.0 Å². The number of carbonyl (C=O) groups excluding carboxylic acids is 2. The van der Waals surface area contributed by atoms with Gasteiger partial charge in [-0.05, 0) is 0 Å². The predicted molar refractivity (Wildman–Crippen MR) is 37.9 cm³/mol. The molecule has 0 aromatic carbocycles. The van der Waals surface area contributed by atoms with Gasteiger partial charge in [0.05, 0.1) is 7.11 Å². The van der Waals surface area contributed by atoms with E-state index >= 15 is 0 Å². The zero-order valence-corrected chi connectivity index (χ0v) is 9.85. The molecule has 0 amide bonds. The van der Waals surface area contributed by atoms with E-state index in [4.69, 9.17) is 0 Å². The smallest absolute Gasteiger partial charge is 0.542 e. The molecular weight excluding hydrogens is 316 g/mol. The van der Waals surface area contributed by atoms with Crippen molar-refractivity contribution in [1.29, 1.82) is 0 Å². The van der Waals surface area contributed by atoms with E-state index in [0.717, 1.165) is 0 Å². The van der Waals surface area contributed by atoms with Crippen LogP contribution < -0.4 is 0 Å². The standard InChI is InChI=1S/C6H9O3.CH3.W/c1-5(3-4-7)6(8)9-2;;/h5H,3H2,1-2H3;1H3;/q2*-1;+2/t5-;;/m1../s1. The molecule has 3 nitrogen and oxygen atoms in total. The Morgan fingerprint density at radius 3 is 2.36 bits per heavy atom. The molecule has 0 N–H and O–H groups in total. The van der Waals surface area contributed by atoms with E-state index in [1.54, 1.807) is 13.2 Å². The molecule has 4 heteroatoms. The molecule has 0 fully saturated rings. The predicted octanol–water partition coefficient (Wildman–Crippen LogP) is 0.743. The summed E-state index contributed by atoms with van der Waals surface area (Å²) in [5, 5.41) is 0. The molecule has 0 aromatic heterocycles. The maximum Gasteiger partial charge on any atom is 2.00 e. The van der Waals surface area contributed by atoms with Gasteiger partial charge in [-0.2, -0.15) is 0 Å². The molecule has 0 saturated heterocycles. The van der Waals surface area contributed by atoms with Crippen LogP contribution in [-0.4, -0.2) is 19.4 Å². The third-order valence-electron chi connectivity index (χ3n) is 0.993. The van der Waals surface area contributed by atoms with Crippen molar-refractivity contribution in [2.75, 3.05) is 7.11 Å². The normalized spacial score (nSPS) is 10.0. The second-order valence-electron chi connectivity index (χ2n) is 1.77. The van der Waals surface area contributed by atoms with Gasteiger partial charge < -0.3 is 17.0 Å². The van der Waals surface area contributed by atoms with Gasteiger partial charge in [0.1, 0.15) is 0 Å². The van der Waals surface area contributed by atoms with Crippen molar-refractivity contribution in [2.24, 2.45) is 5.92 Å². The number of methoxy groups -OCH3 is 1. The molecule has 64 valence electrons. The first-order valence-electron chi connectivity index (χ1n) is 2.65. The van der Waals surface area contributed by atoms with Gasteiger partial charge in [0, 0.05) is 5.92 Å². The Bertz CT molecular complexity index is 114. The number of esters is 1. The van der Waals surface area contributed by atoms with E-state index < -0.39 is 0 Å². The summed E-state index contributed by atoms with van der Waals surface area (Å²) in [6.07, 6.45) is 1.75. The van der Waals surface area contributed by atoms with Gasteiger partial charge in [-0.15, -0.1) is 6.42 Å². The first-order valence-corrected chi connectivity index (χ1v) is 2.65. The van der Waals surface area contributed by atoms with Gasteiger partial charge in [0.2, 0.25) is 0 Å². The van der Waals surface area contributed by atoms with Crippen LogP contribution in [0.1, 0.15) is 13.3 Å². The third-order valence-corrected chi connectivity index (χ3v) is 0.993. The summed E-state index contributed by atoms with van der Waals surface area (Å²) >= 11 is 0. The summed E-state index contributed by atoms with van der Waals surface area (Å²) in [4.78, 5) is 20.2. The molecule has 0 heterocycles. The summed E-state index contributed by atoms with van der Waals surface area (Å²) in [5.74, 6) is -0.717. The molecule has 0 aliphatic carbocycles. The quantitative estimate of drug-likeness (QED) is 0.567. The van der Waals surface area contributed by atoms with Gasteiger partial charge in [0.15, 0.2) is 0 Å². The number of hydrogen-bond acceptors (Lipinski definition) is 3. The Morgan fingerprint density at radius 2 is 2.09 bits per heavy atom. The van der Waals surface area contributed by atoms with Crippen molar-refractivity contribution in [1.82, 2.24) is 0 Å². The number of rotatable bonds is 3. The van der Waals surface area contributed by atoms with Gasteiger partial charge in [-0.3, -0.25) is 11.1 Å². The Balaban J connectivity index is -0.000000320. The molecule has 1 atom stereocenters. The van der Waals surface area contributed by atoms with Crippen molar-refractivity contribution >= 4 is 12.3 Å². The van der Waals surface area contributed by atoms with Crippen LogP contribution >= 0.6 is 0 Å². The van der Waals surface area contributed by atoms with Crippen LogP contribution in [0.15, 0.2) is 0 Å². The Hall–Kier alpha value is -0.172. The molecule has 0 rings (SSSR count). The van der Waals surface area contributed by atoms with E-state index in [1.807, 2.05) is 0 Å². The fourth-order valence-electron chi connectivity index (χ4n) is 0.410. The first kappa shape index (κ1) is 17.1. The van der Waals surface area contributed by atoms with Crippen molar-refractivity contribution < 1.29 is 35.4 Å². The molecule has 0 spiro atoms. The van der Waals surface area contributed by atoms with E-state index in [9.17, 15) is 9.59 Å². The number of carbonyl (C=O) groups is 1. The monoisotopic (exact) mass is 328 g/mol. The van der Waals surface area contributed by atoms with Crippen LogP contribution in [0, 0.1) is 13.3 Å². The van der Waals surface area contributed by atoms with Crippen LogP contribution in [0.5, 0.6) is 0 Å². The first-order chi connectivity index (χ1) is 4.22. The van der Waals surface area contributed by atoms with Crippen LogP contribution in [0.3, 0.4) is 0 Å². The van der Waals surface area contributed by atoms with Crippen LogP contribution in [0.2, 0.25) is 0 Å². The van der Waals surface area contributed by atoms with Crippen molar-refractivity contribution in [3.8, 4) is 0 Å². The van der Waals surface area contributed by atoms with Gasteiger partial charge in [0.25, 0.3) is 0 Å². The second-order valence-corrected chi connectivity index (χ2v) is 1.77. The molecule has 0 aliphatic rings. The SMILES string of the molecule is COC(=O)[C@H](C)C[C-]=O.[CH3-].[W+2]. The summed E-state index contributed by atoms with van der Waals surface area (Å²) in [6, 6.07) is 0. The average Bonchev–Trinajstić information content (AvgIpc) is 1.87. The fourth-order valence-corrected chi connectivity index (χ4v) is 0.410. The van der Waals surface area contributed by atoms with E-state index in [2.05, 4.69) is 4.74 Å². The van der Waals surface area contributed by atoms with Crippen LogP contribution in [0.4, 0.5) is 0 Å². The second kappa shape index (κ2) is 9.83. The maximum atomic E-state index is 10.5. The third kappa shape index (κ3) is 7.73. The molecule has 0 bridgehead atoms. The topological polar surface area (TPSA) is 43.4 Å². The molecule has 0 saturated carbocycles. The minimum absolute atomic E-state index is 0. The minimum atomic E-state index is -0.363. The summed E-state index contributed by atoms with van der Waals surface area (Å²) in [6.45, 7) is 1.62. The maximum absolute atomic E-state index is 10.5. The number of hydrogen-bond donors (Lipinski definition) is 0. The molecule has 0 radical (unpaired) electrons. The molecule has 11 heavy (non-hydrogen) atoms. The fraction of sp³-hybridized carbons (Fsp3) is 0.571. The summed E-state index contributed by atoms with van der Waals surface area (Å²) in [5.41, 5.74) is 0. The summed E-state index contributed by atoms with van der Waals surface area (Å²) in [7, 11) is 1.30. The van der Waals surface area contributed by atoms with Crippen molar-refractivity contribution in [3.05, 3.63) is 7.43 Å². The van der Waals surface area contributed by atoms with E-state index in [1.165, 1.54) is 7.11 Å². The zero-order valence-electron chi connectivity index (χ0n) is 6.92. The largest absolute Gasteiger partial charge is 2.00 e. The average molecular weight is 328 g/mol. The Labute approximate surface area is 81.8 Å². The van der Waals surface area contributed by atoms with E-state index in [-0.39, 0.29) is 46.8 Å². The van der Waals surface area contributed by atoms with Crippen molar-refractivity contribution in [2.45, 2.75) is 13.3 Å². The van der Waals surface area contributed by atoms with Crippen LogP contribution in [-0.2, 0) is 35.4 Å². The minimum Gasteiger partial charge on any atom is -0.542 e. The van der Waals surface area contributed by atoms with Gasteiger partial charge in [-0.25, -0.2) is 0 Å². The van der Waals surface area contributed by atoms with E-state index in [0.29, 0.717) is 0 Å². The Morgan fingerprint density at radius 1 is 1.64 bits per heavy atom. The molecular formula is C7H12O3W. The number of ether oxygens (including phenoxy) is 1. The van der Waals surface area contributed by atoms with Crippen molar-refractivity contribution in [3.63, 3.8) is 0 Å².